The predicted molar refractivity (Wildman–Crippen MR) is 142 cm³/mol. The van der Waals surface area contributed by atoms with E-state index in [1.54, 1.807) is 0 Å². The van der Waals surface area contributed by atoms with Crippen LogP contribution in [0.5, 0.6) is 0 Å². The molecule has 0 spiro atoms. The Bertz CT molecular complexity index is 1120. The number of nitrogens with two attached hydrogens (primary N) is 2. The molecule has 0 heterocycles. The lowest BCUT2D eigenvalue weighted by molar-refractivity contribution is -0.143. The maximum atomic E-state index is 13.0. The van der Waals surface area contributed by atoms with E-state index in [1.807, 2.05) is 5.32 Å². The highest BCUT2D eigenvalue weighted by Gasteiger charge is 2.35. The Morgan fingerprint density at radius 3 is 1.41 bits per heavy atom. The van der Waals surface area contributed by atoms with Crippen LogP contribution in [-0.2, 0) is 52.0 Å². The summed E-state index contributed by atoms with van der Waals surface area (Å²) in [5, 5.41) is 42.1. The molecule has 12 N–H and O–H groups in total. The molecule has 0 aromatic heterocycles. The molecule has 0 saturated heterocycles. The van der Waals surface area contributed by atoms with E-state index in [0.717, 1.165) is 0 Å². The minimum absolute atomic E-state index is 0.242. The molecule has 22 heteroatoms. The number of carbonyl (C=O) groups is 8. The largest absolute Gasteiger partial charge is 0.529 e. The van der Waals surface area contributed by atoms with Crippen LogP contribution in [0.2, 0.25) is 0 Å². The van der Waals surface area contributed by atoms with Gasteiger partial charge in [0.2, 0.25) is 17.7 Å². The number of rotatable bonds is 23. The highest BCUT2D eigenvalue weighted by Crippen LogP contribution is 2.43. The molecule has 5 atom stereocenters. The first kappa shape index (κ1) is 39.8. The number of amides is 3. The second-order valence-electron chi connectivity index (χ2n) is 9.02. The van der Waals surface area contributed by atoms with Gasteiger partial charge in [-0.05, 0) is 25.7 Å². The van der Waals surface area contributed by atoms with Gasteiger partial charge in [0.25, 0.3) is 0 Å². The second-order valence-corrected chi connectivity index (χ2v) is 10.4. The van der Waals surface area contributed by atoms with E-state index in [9.17, 15) is 47.8 Å². The fourth-order valence-corrected chi connectivity index (χ4v) is 3.94. The third-order valence-corrected chi connectivity index (χ3v) is 6.31. The van der Waals surface area contributed by atoms with E-state index in [0.29, 0.717) is 0 Å². The first-order valence-electron chi connectivity index (χ1n) is 12.8. The molecule has 0 aromatic carbocycles. The number of carboxylic acids is 4. The summed E-state index contributed by atoms with van der Waals surface area (Å²) in [5.74, 6) is -10.7. The SMILES string of the molecule is NCCOP(=O)(O)OC(=O)[C@H](CCC(=O)O)NC(=O)[C@H](CCC(=O)O)NC(=O)[C@H](CCC(=O)O)NC(=O)[C@@H](N)CCC(=O)O. The van der Waals surface area contributed by atoms with Gasteiger partial charge in [-0.25, -0.2) is 9.36 Å². The van der Waals surface area contributed by atoms with Crippen LogP contribution in [0.1, 0.15) is 51.4 Å². The summed E-state index contributed by atoms with van der Waals surface area (Å²) in [4.78, 5) is 105. The van der Waals surface area contributed by atoms with Crippen LogP contribution in [0.4, 0.5) is 0 Å². The Labute approximate surface area is 249 Å². The molecule has 0 saturated carbocycles. The molecule has 0 fully saturated rings. The Morgan fingerprint density at radius 2 is 1.00 bits per heavy atom. The highest BCUT2D eigenvalue weighted by molar-refractivity contribution is 7.48. The maximum absolute atomic E-state index is 13.0. The number of carbonyl (C=O) groups excluding carboxylic acids is 4. The van der Waals surface area contributed by atoms with E-state index < -0.39 is 131 Å². The van der Waals surface area contributed by atoms with Crippen molar-refractivity contribution in [2.75, 3.05) is 13.2 Å². The van der Waals surface area contributed by atoms with Gasteiger partial charge < -0.3 is 52.4 Å². The van der Waals surface area contributed by atoms with E-state index >= 15 is 0 Å². The second kappa shape index (κ2) is 19.9. The molecule has 0 aliphatic carbocycles. The predicted octanol–water partition coefficient (Wildman–Crippen LogP) is -3.15. The van der Waals surface area contributed by atoms with Crippen molar-refractivity contribution in [3.63, 3.8) is 0 Å². The Hall–Kier alpha value is -4.17. The van der Waals surface area contributed by atoms with Gasteiger partial charge in [0.15, 0.2) is 0 Å². The van der Waals surface area contributed by atoms with Crippen molar-refractivity contribution in [3.8, 4) is 0 Å². The third kappa shape index (κ3) is 17.7. The number of nitrogens with one attached hydrogen (secondary N) is 3. The van der Waals surface area contributed by atoms with E-state index in [2.05, 4.69) is 19.7 Å². The van der Waals surface area contributed by atoms with Crippen LogP contribution in [0.15, 0.2) is 0 Å². The lowest BCUT2D eigenvalue weighted by atomic mass is 10.1. The average molecular weight is 658 g/mol. The van der Waals surface area contributed by atoms with Crippen LogP contribution < -0.4 is 27.4 Å². The molecule has 44 heavy (non-hydrogen) atoms. The van der Waals surface area contributed by atoms with E-state index in [-0.39, 0.29) is 13.0 Å². The zero-order valence-electron chi connectivity index (χ0n) is 23.2. The highest BCUT2D eigenvalue weighted by atomic mass is 31.2. The van der Waals surface area contributed by atoms with Crippen molar-refractivity contribution in [3.05, 3.63) is 0 Å². The molecular weight excluding hydrogens is 621 g/mol. The lowest BCUT2D eigenvalue weighted by Crippen LogP contribution is -2.57. The summed E-state index contributed by atoms with van der Waals surface area (Å²) in [6.45, 7) is -0.755. The smallest absolute Gasteiger partial charge is 0.481 e. The molecule has 3 amide bonds. The summed E-state index contributed by atoms with van der Waals surface area (Å²) in [5.41, 5.74) is 10.8. The summed E-state index contributed by atoms with van der Waals surface area (Å²) >= 11 is 0. The maximum Gasteiger partial charge on any atom is 0.529 e. The van der Waals surface area contributed by atoms with Gasteiger partial charge in [0.1, 0.15) is 18.1 Å². The minimum Gasteiger partial charge on any atom is -0.481 e. The first-order chi connectivity index (χ1) is 20.4. The van der Waals surface area contributed by atoms with Crippen molar-refractivity contribution in [2.45, 2.75) is 75.5 Å². The Morgan fingerprint density at radius 1 is 0.636 bits per heavy atom. The van der Waals surface area contributed by atoms with Gasteiger partial charge in [-0.1, -0.05) is 0 Å². The normalized spacial score (nSPS) is 14.9. The molecule has 250 valence electrons. The fraction of sp³-hybridized carbons (Fsp3) is 0.636. The molecule has 0 aromatic rings. The number of hydrogen-bond donors (Lipinski definition) is 10. The molecule has 1 unspecified atom stereocenters. The lowest BCUT2D eigenvalue weighted by Gasteiger charge is -2.25. The molecule has 0 aliphatic rings. The first-order valence-corrected chi connectivity index (χ1v) is 14.3. The molecule has 0 rings (SSSR count). The number of aliphatic carboxylic acids is 4. The van der Waals surface area contributed by atoms with Crippen LogP contribution in [0.3, 0.4) is 0 Å². The van der Waals surface area contributed by atoms with Crippen molar-refractivity contribution in [1.82, 2.24) is 16.0 Å². The molecule has 21 nitrogen and oxygen atoms in total. The van der Waals surface area contributed by atoms with Crippen LogP contribution in [-0.4, -0.2) is 110 Å². The van der Waals surface area contributed by atoms with E-state index in [4.69, 9.17) is 31.9 Å². The number of phosphoric ester groups is 1. The number of hydrogen-bond acceptors (Lipinski definition) is 13. The van der Waals surface area contributed by atoms with Crippen molar-refractivity contribution in [1.29, 1.82) is 0 Å². The Balaban J connectivity index is 5.99. The van der Waals surface area contributed by atoms with Crippen molar-refractivity contribution >= 4 is 55.4 Å². The van der Waals surface area contributed by atoms with Gasteiger partial charge in [0.05, 0.1) is 12.6 Å². The number of carboxylic acid groups (broad SMARTS) is 4. The van der Waals surface area contributed by atoms with Gasteiger partial charge in [-0.15, -0.1) is 0 Å². The van der Waals surface area contributed by atoms with Crippen LogP contribution in [0.25, 0.3) is 0 Å². The average Bonchev–Trinajstić information content (AvgIpc) is 2.91. The Kier molecular flexibility index (Phi) is 18.0. The summed E-state index contributed by atoms with van der Waals surface area (Å²) < 4.78 is 20.7. The van der Waals surface area contributed by atoms with Gasteiger partial charge >= 0.3 is 37.7 Å². The summed E-state index contributed by atoms with van der Waals surface area (Å²) in [6.07, 6.45) is -4.91. The fourth-order valence-electron chi connectivity index (χ4n) is 3.20. The minimum atomic E-state index is -5.05. The zero-order chi connectivity index (χ0) is 34.0. The molecule has 0 aliphatic heterocycles. The van der Waals surface area contributed by atoms with E-state index in [1.165, 1.54) is 0 Å². The van der Waals surface area contributed by atoms with Gasteiger partial charge in [-0.2, -0.15) is 0 Å². The summed E-state index contributed by atoms with van der Waals surface area (Å²) in [7, 11) is -5.05. The topological polar surface area (TPSA) is 361 Å². The quantitative estimate of drug-likeness (QED) is 0.0485. The molecular formula is C22H36N5O16P. The monoisotopic (exact) mass is 657 g/mol. The summed E-state index contributed by atoms with van der Waals surface area (Å²) in [6, 6.07) is -6.80. The standard InChI is InChI=1S/C22H36N5O16P/c23-9-10-42-44(40,41)43-22(39)14(4-8-18(34)35)27-21(38)13(3-7-17(32)33)26-20(37)12(2-6-16(30)31)25-19(36)11(24)1-5-15(28)29/h11-14H,1-10,23-24H2,(H,25,36)(H,26,37)(H,27,38)(H,28,29)(H,30,31)(H,32,33)(H,34,35)(H,40,41)/t11-,12-,13-,14-/m0/s1. The van der Waals surface area contributed by atoms with Crippen LogP contribution >= 0.6 is 7.82 Å². The van der Waals surface area contributed by atoms with Gasteiger partial charge in [-0.3, -0.25) is 43.0 Å². The molecule has 0 radical (unpaired) electrons. The van der Waals surface area contributed by atoms with Crippen LogP contribution in [0, 0.1) is 0 Å². The number of phosphoric acid groups is 1. The zero-order valence-corrected chi connectivity index (χ0v) is 24.1. The third-order valence-electron chi connectivity index (χ3n) is 5.39. The van der Waals surface area contributed by atoms with Crippen molar-refractivity contribution in [2.24, 2.45) is 11.5 Å². The van der Waals surface area contributed by atoms with Gasteiger partial charge in [0, 0.05) is 32.2 Å². The molecule has 0 bridgehead atoms. The van der Waals surface area contributed by atoms with Crippen molar-refractivity contribution < 1.29 is 77.3 Å².